The minimum Gasteiger partial charge on any atom is -0.474 e. The number of carbonyl (C=O) groups is 2. The Bertz CT molecular complexity index is 981. The molecule has 2 heterocycles. The zero-order valence-corrected chi connectivity index (χ0v) is 16.1. The monoisotopic (exact) mass is 443 g/mol. The number of amides is 2. The van der Waals surface area contributed by atoms with Crippen LogP contribution in [0.1, 0.15) is 23.2 Å². The molecule has 4 rings (SSSR count). The molecule has 0 saturated heterocycles. The number of fused-ring (bicyclic) bond motifs is 1. The van der Waals surface area contributed by atoms with Crippen molar-refractivity contribution in [3.63, 3.8) is 0 Å². The van der Waals surface area contributed by atoms with Crippen molar-refractivity contribution in [1.29, 1.82) is 0 Å². The number of rotatable bonds is 5. The molecule has 2 amide bonds. The van der Waals surface area contributed by atoms with Gasteiger partial charge in [-0.15, -0.1) is 0 Å². The van der Waals surface area contributed by atoms with Crippen molar-refractivity contribution in [2.75, 3.05) is 10.6 Å². The number of ether oxygens (including phenoxy) is 2. The second kappa shape index (κ2) is 7.64. The number of anilines is 2. The largest absolute Gasteiger partial charge is 0.474 e. The summed E-state index contributed by atoms with van der Waals surface area (Å²) in [6.07, 6.45) is 3.34. The fourth-order valence-electron chi connectivity index (χ4n) is 2.98. The number of alkyl halides is 2. The molecule has 1 unspecified atom stereocenters. The molecule has 1 saturated carbocycles. The first-order valence-corrected chi connectivity index (χ1v) is 9.30. The van der Waals surface area contributed by atoms with Gasteiger partial charge in [-0.3, -0.25) is 14.6 Å². The van der Waals surface area contributed by atoms with Crippen LogP contribution in [0.4, 0.5) is 20.2 Å². The lowest BCUT2D eigenvalue weighted by atomic mass is 10.1. The molecule has 0 spiro atoms. The van der Waals surface area contributed by atoms with Crippen LogP contribution < -0.4 is 20.1 Å². The van der Waals surface area contributed by atoms with E-state index < -0.39 is 24.5 Å². The zero-order chi connectivity index (χ0) is 20.7. The average Bonchev–Trinajstić information content (AvgIpc) is 3.49. The predicted octanol–water partition coefficient (Wildman–Crippen LogP) is 4.35. The Labute approximate surface area is 173 Å². The maximum Gasteiger partial charge on any atom is 0.387 e. The van der Waals surface area contributed by atoms with E-state index in [1.807, 2.05) is 0 Å². The smallest absolute Gasteiger partial charge is 0.387 e. The standard InChI is InChI=1S/C18H13Cl2F2N3O4/c19-9-5-23-6-10(20)13(9)25-16(26)8-3-4-11(28-18(21)22)15-12(8)24-17(27)14(29-15)7-1-2-7/h3-7,14,18H,1-2H2,(H,24,27)(H,23,25,26). The van der Waals surface area contributed by atoms with E-state index in [0.717, 1.165) is 12.8 Å². The topological polar surface area (TPSA) is 89.5 Å². The van der Waals surface area contributed by atoms with Gasteiger partial charge in [0, 0.05) is 18.3 Å². The molecule has 152 valence electrons. The summed E-state index contributed by atoms with van der Waals surface area (Å²) < 4.78 is 35.8. The summed E-state index contributed by atoms with van der Waals surface area (Å²) in [7, 11) is 0. The maximum absolute atomic E-state index is 12.8. The second-order valence-electron chi connectivity index (χ2n) is 6.49. The molecule has 1 aliphatic heterocycles. The van der Waals surface area contributed by atoms with Gasteiger partial charge >= 0.3 is 6.61 Å². The third kappa shape index (κ3) is 3.92. The van der Waals surface area contributed by atoms with Gasteiger partial charge in [-0.25, -0.2) is 0 Å². The van der Waals surface area contributed by atoms with Gasteiger partial charge in [0.15, 0.2) is 17.6 Å². The Morgan fingerprint density at radius 2 is 1.97 bits per heavy atom. The molecule has 1 aromatic heterocycles. The van der Waals surface area contributed by atoms with Crippen molar-refractivity contribution >= 4 is 46.4 Å². The van der Waals surface area contributed by atoms with E-state index in [2.05, 4.69) is 20.4 Å². The molecule has 0 radical (unpaired) electrons. The van der Waals surface area contributed by atoms with Gasteiger partial charge in [0.25, 0.3) is 11.8 Å². The van der Waals surface area contributed by atoms with Crippen LogP contribution in [0.3, 0.4) is 0 Å². The fraction of sp³-hybridized carbons (Fsp3) is 0.278. The van der Waals surface area contributed by atoms with Gasteiger partial charge < -0.3 is 20.1 Å². The summed E-state index contributed by atoms with van der Waals surface area (Å²) in [6.45, 7) is -3.10. The molecule has 1 aliphatic carbocycles. The predicted molar refractivity (Wildman–Crippen MR) is 101 cm³/mol. The lowest BCUT2D eigenvalue weighted by molar-refractivity contribution is -0.124. The molecule has 1 aromatic carbocycles. The summed E-state index contributed by atoms with van der Waals surface area (Å²) in [5.74, 6) is -1.55. The van der Waals surface area contributed by atoms with Crippen LogP contribution >= 0.6 is 23.2 Å². The first-order valence-electron chi connectivity index (χ1n) is 8.55. The van der Waals surface area contributed by atoms with Crippen LogP contribution in [0.5, 0.6) is 11.5 Å². The highest BCUT2D eigenvalue weighted by Gasteiger charge is 2.43. The first kappa shape index (κ1) is 19.7. The Kier molecular flexibility index (Phi) is 5.18. The number of halogens is 4. The van der Waals surface area contributed by atoms with Crippen molar-refractivity contribution in [3.8, 4) is 11.5 Å². The Balaban J connectivity index is 1.72. The van der Waals surface area contributed by atoms with Gasteiger partial charge in [-0.1, -0.05) is 23.2 Å². The number of nitrogens with zero attached hydrogens (tertiary/aromatic N) is 1. The van der Waals surface area contributed by atoms with E-state index in [9.17, 15) is 18.4 Å². The number of aromatic nitrogens is 1. The Hall–Kier alpha value is -2.65. The minimum absolute atomic E-state index is 0.00513. The number of carbonyl (C=O) groups excluding carboxylic acids is 2. The molecular formula is C18H13Cl2F2N3O4. The molecular weight excluding hydrogens is 431 g/mol. The van der Waals surface area contributed by atoms with Gasteiger partial charge in [0.05, 0.1) is 21.3 Å². The number of hydrogen-bond donors (Lipinski definition) is 2. The quantitative estimate of drug-likeness (QED) is 0.716. The summed E-state index contributed by atoms with van der Waals surface area (Å²) in [6, 6.07) is 2.41. The van der Waals surface area contributed by atoms with Crippen LogP contribution in [-0.2, 0) is 4.79 Å². The van der Waals surface area contributed by atoms with Gasteiger partial charge in [-0.05, 0) is 25.0 Å². The minimum atomic E-state index is -3.10. The van der Waals surface area contributed by atoms with Crippen molar-refractivity contribution in [3.05, 3.63) is 40.1 Å². The van der Waals surface area contributed by atoms with Gasteiger partial charge in [-0.2, -0.15) is 8.78 Å². The molecule has 2 aromatic rings. The van der Waals surface area contributed by atoms with Crippen LogP contribution in [0, 0.1) is 5.92 Å². The van der Waals surface area contributed by atoms with Crippen LogP contribution in [0.25, 0.3) is 0 Å². The van der Waals surface area contributed by atoms with E-state index >= 15 is 0 Å². The molecule has 2 aliphatic rings. The molecule has 0 bridgehead atoms. The lowest BCUT2D eigenvalue weighted by Crippen LogP contribution is -2.39. The third-order valence-corrected chi connectivity index (χ3v) is 5.05. The molecule has 1 atom stereocenters. The summed E-state index contributed by atoms with van der Waals surface area (Å²) in [5.41, 5.74) is 0.0194. The van der Waals surface area contributed by atoms with Crippen molar-refractivity contribution < 1.29 is 27.8 Å². The average molecular weight is 444 g/mol. The first-order chi connectivity index (χ1) is 13.8. The number of pyridine rings is 1. The van der Waals surface area contributed by atoms with Crippen molar-refractivity contribution in [2.24, 2.45) is 5.92 Å². The van der Waals surface area contributed by atoms with E-state index in [-0.39, 0.29) is 44.4 Å². The number of hydrogen-bond acceptors (Lipinski definition) is 5. The van der Waals surface area contributed by atoms with E-state index in [0.29, 0.717) is 0 Å². The highest BCUT2D eigenvalue weighted by molar-refractivity contribution is 6.39. The van der Waals surface area contributed by atoms with Crippen molar-refractivity contribution in [2.45, 2.75) is 25.6 Å². The molecule has 1 fully saturated rings. The highest BCUT2D eigenvalue weighted by Crippen LogP contribution is 2.46. The molecule has 2 N–H and O–H groups in total. The zero-order valence-electron chi connectivity index (χ0n) is 14.5. The van der Waals surface area contributed by atoms with Crippen LogP contribution in [-0.4, -0.2) is 29.5 Å². The number of nitrogens with one attached hydrogen (secondary N) is 2. The Morgan fingerprint density at radius 1 is 1.28 bits per heavy atom. The number of benzene rings is 1. The van der Waals surface area contributed by atoms with Gasteiger partial charge in [0.2, 0.25) is 0 Å². The maximum atomic E-state index is 12.8. The summed E-state index contributed by atoms with van der Waals surface area (Å²) >= 11 is 12.0. The molecule has 11 heteroatoms. The Morgan fingerprint density at radius 3 is 2.59 bits per heavy atom. The summed E-state index contributed by atoms with van der Waals surface area (Å²) in [5, 5.41) is 5.32. The summed E-state index contributed by atoms with van der Waals surface area (Å²) in [4.78, 5) is 29.0. The third-order valence-electron chi connectivity index (χ3n) is 4.48. The van der Waals surface area contributed by atoms with Gasteiger partial charge in [0.1, 0.15) is 5.69 Å². The van der Waals surface area contributed by atoms with E-state index in [1.165, 1.54) is 24.5 Å². The van der Waals surface area contributed by atoms with Crippen LogP contribution in [0.15, 0.2) is 24.5 Å². The lowest BCUT2D eigenvalue weighted by Gasteiger charge is -2.28. The van der Waals surface area contributed by atoms with Crippen LogP contribution in [0.2, 0.25) is 10.0 Å². The highest BCUT2D eigenvalue weighted by atomic mass is 35.5. The normalized spacial score (nSPS) is 18.0. The SMILES string of the molecule is O=C(Nc1c(Cl)cncc1Cl)c1ccc(OC(F)F)c2c1NC(=O)C(C1CC1)O2. The van der Waals surface area contributed by atoms with E-state index in [4.69, 9.17) is 27.9 Å². The fourth-order valence-corrected chi connectivity index (χ4v) is 3.44. The molecule has 29 heavy (non-hydrogen) atoms. The molecule has 7 nitrogen and oxygen atoms in total. The van der Waals surface area contributed by atoms with E-state index in [1.54, 1.807) is 0 Å². The van der Waals surface area contributed by atoms with Crippen molar-refractivity contribution in [1.82, 2.24) is 4.98 Å². The second-order valence-corrected chi connectivity index (χ2v) is 7.31.